The van der Waals surface area contributed by atoms with E-state index in [0.717, 1.165) is 18.2 Å². The Bertz CT molecular complexity index is 1810. The molecule has 0 saturated heterocycles. The number of rotatable bonds is 13. The molecule has 0 aliphatic heterocycles. The molecule has 0 amide bonds. The Morgan fingerprint density at radius 1 is 0.826 bits per heavy atom. The van der Waals surface area contributed by atoms with Gasteiger partial charge in [-0.3, -0.25) is 30.3 Å². The molecule has 0 saturated carbocycles. The molecule has 0 bridgehead atoms. The molecule has 1 aromatic heterocycles. The van der Waals surface area contributed by atoms with Crippen LogP contribution in [0.15, 0.2) is 65.8 Å². The number of aromatic nitrogens is 3. The van der Waals surface area contributed by atoms with Crippen LogP contribution in [0.25, 0.3) is 0 Å². The standard InChI is InChI=1S/C25H18F3N9O9/c1-44-21-10-14(2-8-20(21)46-19-9-7-17(36(40)41)11-18(19)37(42)43)12-29-34-23-31-22(32-24(33-23)45-13-25(26,27)28)30-15-3-5-16(6-4-15)35(38)39/h2-12H,13H2,1H3,(H2,30,31,32,33,34)/b29-12+. The Balaban J connectivity index is 1.53. The summed E-state index contributed by atoms with van der Waals surface area (Å²) in [5, 5.41) is 39.9. The van der Waals surface area contributed by atoms with Gasteiger partial charge in [0, 0.05) is 23.9 Å². The van der Waals surface area contributed by atoms with Crippen molar-refractivity contribution in [1.82, 2.24) is 15.0 Å². The molecule has 18 nitrogen and oxygen atoms in total. The van der Waals surface area contributed by atoms with E-state index >= 15 is 0 Å². The summed E-state index contributed by atoms with van der Waals surface area (Å²) in [6, 6.07) is 11.4. The Hall–Kier alpha value is -6.67. The first-order chi connectivity index (χ1) is 21.8. The normalized spacial score (nSPS) is 11.1. The number of halogens is 3. The van der Waals surface area contributed by atoms with Crippen molar-refractivity contribution in [3.8, 4) is 23.3 Å². The Morgan fingerprint density at radius 3 is 2.11 bits per heavy atom. The summed E-state index contributed by atoms with van der Waals surface area (Å²) < 4.78 is 53.6. The molecule has 4 aromatic rings. The van der Waals surface area contributed by atoms with Gasteiger partial charge in [-0.2, -0.15) is 33.2 Å². The van der Waals surface area contributed by atoms with E-state index in [-0.39, 0.29) is 40.5 Å². The molecule has 0 aliphatic rings. The van der Waals surface area contributed by atoms with Crippen molar-refractivity contribution >= 4 is 40.9 Å². The van der Waals surface area contributed by atoms with Gasteiger partial charge in [0.1, 0.15) is 0 Å². The van der Waals surface area contributed by atoms with Crippen LogP contribution < -0.4 is 25.0 Å². The van der Waals surface area contributed by atoms with Gasteiger partial charge in [-0.25, -0.2) is 5.43 Å². The van der Waals surface area contributed by atoms with Crippen LogP contribution in [-0.2, 0) is 0 Å². The van der Waals surface area contributed by atoms with Crippen LogP contribution in [0.2, 0.25) is 0 Å². The number of hydrazone groups is 1. The molecule has 21 heteroatoms. The predicted octanol–water partition coefficient (Wildman–Crippen LogP) is 5.53. The summed E-state index contributed by atoms with van der Waals surface area (Å²) in [6.07, 6.45) is -3.45. The van der Waals surface area contributed by atoms with Crippen LogP contribution in [0.4, 0.5) is 47.8 Å². The molecule has 2 N–H and O–H groups in total. The molecule has 0 fully saturated rings. The van der Waals surface area contributed by atoms with Crippen LogP contribution in [0.5, 0.6) is 23.3 Å². The zero-order valence-electron chi connectivity index (χ0n) is 23.0. The fourth-order valence-electron chi connectivity index (χ4n) is 3.45. The van der Waals surface area contributed by atoms with Gasteiger partial charge in [0.25, 0.3) is 17.3 Å². The highest BCUT2D eigenvalue weighted by atomic mass is 19.4. The summed E-state index contributed by atoms with van der Waals surface area (Å²) in [5.74, 6) is -0.786. The number of nitro groups is 3. The minimum Gasteiger partial charge on any atom is -0.493 e. The van der Waals surface area contributed by atoms with Crippen molar-refractivity contribution < 1.29 is 42.2 Å². The Morgan fingerprint density at radius 2 is 1.48 bits per heavy atom. The van der Waals surface area contributed by atoms with Crippen LogP contribution in [0.3, 0.4) is 0 Å². The van der Waals surface area contributed by atoms with Crippen LogP contribution >= 0.6 is 0 Å². The van der Waals surface area contributed by atoms with E-state index in [2.05, 4.69) is 35.5 Å². The lowest BCUT2D eigenvalue weighted by Crippen LogP contribution is -2.20. The maximum Gasteiger partial charge on any atom is 0.422 e. The minimum absolute atomic E-state index is 0.0236. The summed E-state index contributed by atoms with van der Waals surface area (Å²) in [7, 11) is 1.29. The topological polar surface area (TPSA) is 232 Å². The average molecular weight is 645 g/mol. The van der Waals surface area contributed by atoms with Gasteiger partial charge in [-0.15, -0.1) is 0 Å². The lowest BCUT2D eigenvalue weighted by molar-refractivity contribution is -0.394. The van der Waals surface area contributed by atoms with Gasteiger partial charge >= 0.3 is 17.9 Å². The van der Waals surface area contributed by atoms with Crippen molar-refractivity contribution in [3.63, 3.8) is 0 Å². The van der Waals surface area contributed by atoms with E-state index in [1.807, 2.05) is 0 Å². The number of nitrogens with zero attached hydrogens (tertiary/aromatic N) is 7. The molecule has 46 heavy (non-hydrogen) atoms. The van der Waals surface area contributed by atoms with Gasteiger partial charge in [0.15, 0.2) is 18.1 Å². The third-order valence-electron chi connectivity index (χ3n) is 5.45. The first-order valence-electron chi connectivity index (χ1n) is 12.4. The largest absolute Gasteiger partial charge is 0.493 e. The number of non-ortho nitro benzene ring substituents is 2. The van der Waals surface area contributed by atoms with E-state index in [1.54, 1.807) is 0 Å². The lowest BCUT2D eigenvalue weighted by Gasteiger charge is -2.11. The average Bonchev–Trinajstić information content (AvgIpc) is 3.00. The van der Waals surface area contributed by atoms with Gasteiger partial charge in [0.2, 0.25) is 11.7 Å². The highest BCUT2D eigenvalue weighted by Crippen LogP contribution is 2.38. The smallest absolute Gasteiger partial charge is 0.422 e. The number of nitro benzene ring substituents is 3. The van der Waals surface area contributed by atoms with Crippen molar-refractivity contribution in [2.45, 2.75) is 6.18 Å². The molecule has 0 radical (unpaired) electrons. The molecular weight excluding hydrogens is 627 g/mol. The van der Waals surface area contributed by atoms with Crippen LogP contribution in [-0.4, -0.2) is 55.8 Å². The molecule has 0 unspecified atom stereocenters. The number of anilines is 3. The number of benzene rings is 3. The van der Waals surface area contributed by atoms with Crippen molar-refractivity contribution in [1.29, 1.82) is 0 Å². The molecule has 0 spiro atoms. The van der Waals surface area contributed by atoms with E-state index in [9.17, 15) is 43.5 Å². The van der Waals surface area contributed by atoms with Crippen LogP contribution in [0, 0.1) is 30.3 Å². The predicted molar refractivity (Wildman–Crippen MR) is 152 cm³/mol. The number of hydrogen-bond acceptors (Lipinski definition) is 15. The Labute approximate surface area is 253 Å². The molecule has 3 aromatic carbocycles. The van der Waals surface area contributed by atoms with Crippen molar-refractivity contribution in [2.24, 2.45) is 5.10 Å². The quantitative estimate of drug-likeness (QED) is 0.103. The number of ether oxygens (including phenoxy) is 3. The molecule has 1 heterocycles. The second-order valence-corrected chi connectivity index (χ2v) is 8.65. The minimum atomic E-state index is -4.69. The third kappa shape index (κ3) is 8.68. The summed E-state index contributed by atoms with van der Waals surface area (Å²) >= 11 is 0. The number of alkyl halides is 3. The molecule has 0 atom stereocenters. The van der Waals surface area contributed by atoms with Crippen LogP contribution in [0.1, 0.15) is 5.56 Å². The fraction of sp³-hybridized carbons (Fsp3) is 0.120. The summed E-state index contributed by atoms with van der Waals surface area (Å²) in [5.41, 5.74) is 1.71. The van der Waals surface area contributed by atoms with Crippen molar-refractivity contribution in [2.75, 3.05) is 24.5 Å². The maximum absolute atomic E-state index is 12.7. The molecule has 4 rings (SSSR count). The first kappa shape index (κ1) is 32.2. The monoisotopic (exact) mass is 645 g/mol. The van der Waals surface area contributed by atoms with Gasteiger partial charge in [0.05, 0.1) is 34.2 Å². The number of hydrogen-bond donors (Lipinski definition) is 2. The van der Waals surface area contributed by atoms with E-state index < -0.39 is 44.9 Å². The first-order valence-corrected chi connectivity index (χ1v) is 12.4. The number of methoxy groups -OCH3 is 1. The molecule has 238 valence electrons. The van der Waals surface area contributed by atoms with E-state index in [4.69, 9.17) is 9.47 Å². The van der Waals surface area contributed by atoms with Crippen molar-refractivity contribution in [3.05, 3.63) is 96.6 Å². The highest BCUT2D eigenvalue weighted by molar-refractivity contribution is 5.81. The zero-order chi connectivity index (χ0) is 33.4. The second-order valence-electron chi connectivity index (χ2n) is 8.65. The fourth-order valence-corrected chi connectivity index (χ4v) is 3.45. The SMILES string of the molecule is COc1cc(/C=N/Nc2nc(Nc3ccc([N+](=O)[O-])cc3)nc(OCC(F)(F)F)n2)ccc1Oc1ccc([N+](=O)[O-])cc1[N+](=O)[O-]. The van der Waals surface area contributed by atoms with Gasteiger partial charge in [-0.05, 0) is 42.0 Å². The highest BCUT2D eigenvalue weighted by Gasteiger charge is 2.29. The van der Waals surface area contributed by atoms with Gasteiger partial charge in [-0.1, -0.05) is 0 Å². The van der Waals surface area contributed by atoms with Gasteiger partial charge < -0.3 is 19.5 Å². The molecule has 0 aliphatic carbocycles. The summed E-state index contributed by atoms with van der Waals surface area (Å²) in [6.45, 7) is -1.70. The summed E-state index contributed by atoms with van der Waals surface area (Å²) in [4.78, 5) is 42.6. The second kappa shape index (κ2) is 13.7. The third-order valence-corrected chi connectivity index (χ3v) is 5.45. The zero-order valence-corrected chi connectivity index (χ0v) is 23.0. The number of nitrogens with one attached hydrogen (secondary N) is 2. The lowest BCUT2D eigenvalue weighted by atomic mass is 10.2. The molecular formula is C25H18F3N9O9. The van der Waals surface area contributed by atoms with E-state index in [1.165, 1.54) is 55.8 Å². The maximum atomic E-state index is 12.7. The van der Waals surface area contributed by atoms with E-state index in [0.29, 0.717) is 5.56 Å². The Kier molecular flexibility index (Phi) is 9.64.